The Morgan fingerprint density at radius 2 is 1.78 bits per heavy atom. The molecule has 27 heavy (non-hydrogen) atoms. The molecule has 2 rings (SSSR count). The van der Waals surface area contributed by atoms with E-state index in [0.717, 1.165) is 5.56 Å². The van der Waals surface area contributed by atoms with Gasteiger partial charge >= 0.3 is 5.97 Å². The number of carbonyl (C=O) groups is 1. The van der Waals surface area contributed by atoms with Crippen molar-refractivity contribution in [1.29, 1.82) is 0 Å². The van der Waals surface area contributed by atoms with E-state index in [1.807, 2.05) is 13.0 Å². The molecule has 0 unspecified atom stereocenters. The van der Waals surface area contributed by atoms with Gasteiger partial charge in [-0.25, -0.2) is 13.1 Å². The zero-order valence-corrected chi connectivity index (χ0v) is 16.2. The molecule has 142 valence electrons. The monoisotopic (exact) mass is 385 g/mol. The van der Waals surface area contributed by atoms with Crippen molar-refractivity contribution >= 4 is 16.0 Å². The molecule has 0 bridgehead atoms. The van der Waals surface area contributed by atoms with Crippen LogP contribution in [0.3, 0.4) is 0 Å². The molecular weight excluding hydrogens is 362 g/mol. The Labute approximate surface area is 160 Å². The van der Waals surface area contributed by atoms with Crippen LogP contribution < -0.4 is 4.72 Å². The predicted molar refractivity (Wildman–Crippen MR) is 104 cm³/mol. The summed E-state index contributed by atoms with van der Waals surface area (Å²) in [5.74, 6) is 1.09. The van der Waals surface area contributed by atoms with Gasteiger partial charge in [0.05, 0.1) is 23.5 Å². The SMILES string of the molecule is C#CC[C@H](C(=O)OCC)[C@H](NS(=O)(=O)c1ccc(C)cc1)c1ccccc1. The number of hydrogen-bond acceptors (Lipinski definition) is 4. The van der Waals surface area contributed by atoms with E-state index in [4.69, 9.17) is 11.2 Å². The molecule has 0 spiro atoms. The number of sulfonamides is 1. The van der Waals surface area contributed by atoms with Crippen LogP contribution in [0.2, 0.25) is 0 Å². The minimum atomic E-state index is -3.86. The lowest BCUT2D eigenvalue weighted by atomic mass is 9.91. The summed E-state index contributed by atoms with van der Waals surface area (Å²) in [6.45, 7) is 3.76. The molecule has 0 amide bonds. The van der Waals surface area contributed by atoms with Gasteiger partial charge in [-0.1, -0.05) is 48.0 Å². The number of terminal acetylenes is 1. The van der Waals surface area contributed by atoms with Crippen LogP contribution in [0.4, 0.5) is 0 Å². The topological polar surface area (TPSA) is 72.5 Å². The second-order valence-corrected chi connectivity index (χ2v) is 7.80. The summed E-state index contributed by atoms with van der Waals surface area (Å²) in [4.78, 5) is 12.6. The van der Waals surface area contributed by atoms with Crippen LogP contribution in [0.5, 0.6) is 0 Å². The van der Waals surface area contributed by atoms with Crippen molar-refractivity contribution in [2.24, 2.45) is 5.92 Å². The summed E-state index contributed by atoms with van der Waals surface area (Å²) in [6.07, 6.45) is 5.49. The third kappa shape index (κ3) is 5.43. The van der Waals surface area contributed by atoms with Gasteiger partial charge in [-0.15, -0.1) is 12.3 Å². The van der Waals surface area contributed by atoms with E-state index >= 15 is 0 Å². The average molecular weight is 385 g/mol. The second kappa shape index (κ2) is 9.36. The highest BCUT2D eigenvalue weighted by Crippen LogP contribution is 2.28. The largest absolute Gasteiger partial charge is 0.466 e. The van der Waals surface area contributed by atoms with E-state index in [-0.39, 0.29) is 17.9 Å². The fourth-order valence-corrected chi connectivity index (χ4v) is 3.97. The quantitative estimate of drug-likeness (QED) is 0.559. The highest BCUT2D eigenvalue weighted by atomic mass is 32.2. The van der Waals surface area contributed by atoms with Crippen LogP contribution >= 0.6 is 0 Å². The summed E-state index contributed by atoms with van der Waals surface area (Å²) in [7, 11) is -3.86. The average Bonchev–Trinajstić information content (AvgIpc) is 2.66. The van der Waals surface area contributed by atoms with Crippen LogP contribution in [0.1, 0.15) is 30.5 Å². The molecule has 0 aliphatic carbocycles. The van der Waals surface area contributed by atoms with E-state index in [1.54, 1.807) is 43.3 Å². The molecule has 0 aliphatic heterocycles. The molecule has 2 aromatic rings. The number of carbonyl (C=O) groups excluding carboxylic acids is 1. The van der Waals surface area contributed by atoms with Gasteiger partial charge in [-0.3, -0.25) is 4.79 Å². The summed E-state index contributed by atoms with van der Waals surface area (Å²) < 4.78 is 33.6. The van der Waals surface area contributed by atoms with Crippen molar-refractivity contribution < 1.29 is 17.9 Å². The Morgan fingerprint density at radius 3 is 2.33 bits per heavy atom. The lowest BCUT2D eigenvalue weighted by molar-refractivity contribution is -0.148. The van der Waals surface area contributed by atoms with Crippen molar-refractivity contribution in [3.8, 4) is 12.3 Å². The Hall–Kier alpha value is -2.62. The molecule has 0 fully saturated rings. The van der Waals surface area contributed by atoms with Gasteiger partial charge in [0.15, 0.2) is 0 Å². The first-order valence-corrected chi connectivity index (χ1v) is 10.1. The zero-order valence-electron chi connectivity index (χ0n) is 15.4. The van der Waals surface area contributed by atoms with Crippen LogP contribution in [0.15, 0.2) is 59.5 Å². The third-order valence-electron chi connectivity index (χ3n) is 4.10. The molecule has 5 nitrogen and oxygen atoms in total. The number of nitrogens with one attached hydrogen (secondary N) is 1. The van der Waals surface area contributed by atoms with Gasteiger partial charge in [-0.2, -0.15) is 0 Å². The molecule has 0 aromatic heterocycles. The van der Waals surface area contributed by atoms with Crippen molar-refractivity contribution in [1.82, 2.24) is 4.72 Å². The molecule has 0 saturated heterocycles. The molecular formula is C21H23NO4S. The lowest BCUT2D eigenvalue weighted by Crippen LogP contribution is -2.37. The van der Waals surface area contributed by atoms with Gasteiger partial charge < -0.3 is 4.74 Å². The zero-order chi connectivity index (χ0) is 19.9. The summed E-state index contributed by atoms with van der Waals surface area (Å²) in [6, 6.07) is 14.5. The van der Waals surface area contributed by atoms with Crippen molar-refractivity contribution in [2.45, 2.75) is 31.2 Å². The minimum Gasteiger partial charge on any atom is -0.466 e. The highest BCUT2D eigenvalue weighted by Gasteiger charge is 2.33. The number of benzene rings is 2. The van der Waals surface area contributed by atoms with E-state index in [1.165, 1.54) is 12.1 Å². The van der Waals surface area contributed by atoms with E-state index in [2.05, 4.69) is 10.6 Å². The van der Waals surface area contributed by atoms with Gasteiger partial charge in [0, 0.05) is 6.42 Å². The summed E-state index contributed by atoms with van der Waals surface area (Å²) in [5, 5.41) is 0. The Bertz CT molecular complexity index is 899. The first-order chi connectivity index (χ1) is 12.9. The Morgan fingerprint density at radius 1 is 1.15 bits per heavy atom. The molecule has 0 aliphatic rings. The van der Waals surface area contributed by atoms with Crippen LogP contribution in [-0.2, 0) is 19.6 Å². The number of rotatable bonds is 8. The standard InChI is InChI=1S/C21H23NO4S/c1-4-9-19(21(23)26-5-2)20(17-10-7-6-8-11-17)22-27(24,25)18-14-12-16(3)13-15-18/h1,6-8,10-15,19-20,22H,5,9H2,2-3H3/t19-,20+/m0/s1. The van der Waals surface area contributed by atoms with Gasteiger partial charge in [0.2, 0.25) is 10.0 Å². The molecule has 1 N–H and O–H groups in total. The molecule has 0 radical (unpaired) electrons. The first kappa shape index (κ1) is 20.7. The van der Waals surface area contributed by atoms with Gasteiger partial charge in [0.25, 0.3) is 0 Å². The molecule has 6 heteroatoms. The third-order valence-corrected chi connectivity index (χ3v) is 5.56. The first-order valence-electron chi connectivity index (χ1n) is 8.63. The van der Waals surface area contributed by atoms with Crippen molar-refractivity contribution in [2.75, 3.05) is 6.61 Å². The maximum atomic E-state index is 12.9. The van der Waals surface area contributed by atoms with E-state index in [0.29, 0.717) is 5.56 Å². The van der Waals surface area contributed by atoms with Gasteiger partial charge in [-0.05, 0) is 31.5 Å². The maximum Gasteiger partial charge on any atom is 0.311 e. The van der Waals surface area contributed by atoms with E-state index < -0.39 is 28.0 Å². The minimum absolute atomic E-state index is 0.0504. The van der Waals surface area contributed by atoms with E-state index in [9.17, 15) is 13.2 Å². The van der Waals surface area contributed by atoms with Crippen LogP contribution in [0.25, 0.3) is 0 Å². The van der Waals surface area contributed by atoms with Crippen LogP contribution in [-0.4, -0.2) is 21.0 Å². The fourth-order valence-electron chi connectivity index (χ4n) is 2.71. The Balaban J connectivity index is 2.45. The molecule has 0 heterocycles. The van der Waals surface area contributed by atoms with Crippen LogP contribution in [0, 0.1) is 25.2 Å². The molecule has 2 aromatic carbocycles. The highest BCUT2D eigenvalue weighted by molar-refractivity contribution is 7.89. The Kier molecular flexibility index (Phi) is 7.17. The summed E-state index contributed by atoms with van der Waals surface area (Å²) >= 11 is 0. The maximum absolute atomic E-state index is 12.9. The predicted octanol–water partition coefficient (Wildman–Crippen LogP) is 3.22. The number of aryl methyl sites for hydroxylation is 1. The normalized spacial score (nSPS) is 13.4. The molecule has 2 atom stereocenters. The van der Waals surface area contributed by atoms with Crippen molar-refractivity contribution in [3.05, 3.63) is 65.7 Å². The second-order valence-electron chi connectivity index (χ2n) is 6.09. The smallest absolute Gasteiger partial charge is 0.311 e. The number of ether oxygens (including phenoxy) is 1. The number of esters is 1. The lowest BCUT2D eigenvalue weighted by Gasteiger charge is -2.25. The van der Waals surface area contributed by atoms with Crippen molar-refractivity contribution in [3.63, 3.8) is 0 Å². The molecule has 0 saturated carbocycles. The summed E-state index contributed by atoms with van der Waals surface area (Å²) in [5.41, 5.74) is 1.59. The number of hydrogen-bond donors (Lipinski definition) is 1. The van der Waals surface area contributed by atoms with Gasteiger partial charge in [0.1, 0.15) is 0 Å². The fraction of sp³-hybridized carbons (Fsp3) is 0.286.